The van der Waals surface area contributed by atoms with Crippen LogP contribution in [0.2, 0.25) is 0 Å². The standard InChI is InChI=1S/C17H22N2/c1-2-9-19(17-11-18-12-17)13-14-7-8-15-5-3-4-6-16(15)10-14/h3-8,10,17-18H,2,9,11-13H2,1H3. The number of fused-ring (bicyclic) bond motifs is 1. The quantitative estimate of drug-likeness (QED) is 0.882. The Bertz CT molecular complexity index is 546. The Morgan fingerprint density at radius 3 is 2.58 bits per heavy atom. The average molecular weight is 254 g/mol. The molecule has 100 valence electrons. The van der Waals surface area contributed by atoms with Gasteiger partial charge in [-0.15, -0.1) is 0 Å². The van der Waals surface area contributed by atoms with Crippen LogP contribution in [0.5, 0.6) is 0 Å². The van der Waals surface area contributed by atoms with Gasteiger partial charge in [0, 0.05) is 25.7 Å². The summed E-state index contributed by atoms with van der Waals surface area (Å²) in [5.74, 6) is 0. The zero-order chi connectivity index (χ0) is 13.1. The number of benzene rings is 2. The maximum atomic E-state index is 3.37. The van der Waals surface area contributed by atoms with Crippen molar-refractivity contribution in [3.8, 4) is 0 Å². The molecule has 0 aliphatic carbocycles. The highest BCUT2D eigenvalue weighted by atomic mass is 15.2. The van der Waals surface area contributed by atoms with E-state index in [4.69, 9.17) is 0 Å². The number of nitrogens with zero attached hydrogens (tertiary/aromatic N) is 1. The molecule has 2 nitrogen and oxygen atoms in total. The third-order valence-electron chi connectivity index (χ3n) is 3.99. The third kappa shape index (κ3) is 2.80. The summed E-state index contributed by atoms with van der Waals surface area (Å²) in [5, 5.41) is 6.06. The van der Waals surface area contributed by atoms with E-state index < -0.39 is 0 Å². The third-order valence-corrected chi connectivity index (χ3v) is 3.99. The largest absolute Gasteiger partial charge is 0.314 e. The molecule has 0 amide bonds. The van der Waals surface area contributed by atoms with Crippen LogP contribution < -0.4 is 5.32 Å². The van der Waals surface area contributed by atoms with E-state index in [0.717, 1.165) is 25.7 Å². The summed E-state index contributed by atoms with van der Waals surface area (Å²) in [6, 6.07) is 16.2. The molecule has 0 unspecified atom stereocenters. The van der Waals surface area contributed by atoms with Crippen molar-refractivity contribution in [2.75, 3.05) is 19.6 Å². The number of hydrogen-bond donors (Lipinski definition) is 1. The Morgan fingerprint density at radius 2 is 1.89 bits per heavy atom. The van der Waals surface area contributed by atoms with E-state index in [1.54, 1.807) is 0 Å². The van der Waals surface area contributed by atoms with Crippen molar-refractivity contribution in [3.63, 3.8) is 0 Å². The molecule has 0 saturated carbocycles. The molecular weight excluding hydrogens is 232 g/mol. The molecular formula is C17H22N2. The topological polar surface area (TPSA) is 15.3 Å². The summed E-state index contributed by atoms with van der Waals surface area (Å²) in [6.07, 6.45) is 1.23. The smallest absolute Gasteiger partial charge is 0.0348 e. The van der Waals surface area contributed by atoms with E-state index in [0.29, 0.717) is 0 Å². The van der Waals surface area contributed by atoms with E-state index in [2.05, 4.69) is 59.6 Å². The second-order valence-electron chi connectivity index (χ2n) is 5.46. The van der Waals surface area contributed by atoms with Gasteiger partial charge in [-0.05, 0) is 35.4 Å². The van der Waals surface area contributed by atoms with E-state index in [-0.39, 0.29) is 0 Å². The lowest BCUT2D eigenvalue weighted by atomic mass is 10.0. The number of nitrogens with one attached hydrogen (secondary N) is 1. The van der Waals surface area contributed by atoms with Gasteiger partial charge in [-0.2, -0.15) is 0 Å². The minimum atomic E-state index is 0.728. The van der Waals surface area contributed by atoms with Crippen molar-refractivity contribution in [1.29, 1.82) is 0 Å². The van der Waals surface area contributed by atoms with Crippen molar-refractivity contribution >= 4 is 10.8 Å². The summed E-state index contributed by atoms with van der Waals surface area (Å²) in [7, 11) is 0. The van der Waals surface area contributed by atoms with Crippen LogP contribution in [0, 0.1) is 0 Å². The van der Waals surface area contributed by atoms with Gasteiger partial charge in [0.1, 0.15) is 0 Å². The number of rotatable bonds is 5. The highest BCUT2D eigenvalue weighted by molar-refractivity contribution is 5.82. The van der Waals surface area contributed by atoms with Crippen molar-refractivity contribution in [1.82, 2.24) is 10.2 Å². The molecule has 0 bridgehead atoms. The summed E-state index contributed by atoms with van der Waals surface area (Å²) >= 11 is 0. The Morgan fingerprint density at radius 1 is 1.11 bits per heavy atom. The van der Waals surface area contributed by atoms with Crippen LogP contribution in [0.25, 0.3) is 10.8 Å². The van der Waals surface area contributed by atoms with Crippen LogP contribution >= 0.6 is 0 Å². The molecule has 1 aliphatic rings. The minimum Gasteiger partial charge on any atom is -0.314 e. The average Bonchev–Trinajstić information content (AvgIpc) is 2.37. The zero-order valence-electron chi connectivity index (χ0n) is 11.6. The normalized spacial score (nSPS) is 15.9. The molecule has 2 aromatic rings. The first-order chi connectivity index (χ1) is 9.36. The molecule has 19 heavy (non-hydrogen) atoms. The molecule has 3 rings (SSSR count). The number of hydrogen-bond acceptors (Lipinski definition) is 2. The monoisotopic (exact) mass is 254 g/mol. The van der Waals surface area contributed by atoms with Crippen LogP contribution in [0.4, 0.5) is 0 Å². The molecule has 2 heteroatoms. The van der Waals surface area contributed by atoms with Crippen LogP contribution in [-0.2, 0) is 6.54 Å². The van der Waals surface area contributed by atoms with E-state index in [1.807, 2.05) is 0 Å². The zero-order valence-corrected chi connectivity index (χ0v) is 11.6. The first kappa shape index (κ1) is 12.6. The van der Waals surface area contributed by atoms with Gasteiger partial charge in [-0.25, -0.2) is 0 Å². The van der Waals surface area contributed by atoms with Gasteiger partial charge in [0.15, 0.2) is 0 Å². The summed E-state index contributed by atoms with van der Waals surface area (Å²) in [6.45, 7) is 6.82. The fraction of sp³-hybridized carbons (Fsp3) is 0.412. The minimum absolute atomic E-state index is 0.728. The van der Waals surface area contributed by atoms with Gasteiger partial charge in [0.2, 0.25) is 0 Å². The van der Waals surface area contributed by atoms with Gasteiger partial charge >= 0.3 is 0 Å². The van der Waals surface area contributed by atoms with Crippen LogP contribution in [0.1, 0.15) is 18.9 Å². The summed E-state index contributed by atoms with van der Waals surface area (Å²) in [5.41, 5.74) is 1.43. The summed E-state index contributed by atoms with van der Waals surface area (Å²) < 4.78 is 0. The Labute approximate surface area is 115 Å². The fourth-order valence-electron chi connectivity index (χ4n) is 2.78. The van der Waals surface area contributed by atoms with Crippen molar-refractivity contribution in [2.45, 2.75) is 25.9 Å². The van der Waals surface area contributed by atoms with E-state index in [1.165, 1.54) is 29.3 Å². The molecule has 1 fully saturated rings. The van der Waals surface area contributed by atoms with E-state index in [9.17, 15) is 0 Å². The second-order valence-corrected chi connectivity index (χ2v) is 5.46. The van der Waals surface area contributed by atoms with Crippen molar-refractivity contribution < 1.29 is 0 Å². The van der Waals surface area contributed by atoms with Crippen LogP contribution in [-0.4, -0.2) is 30.6 Å². The maximum absolute atomic E-state index is 3.37. The Hall–Kier alpha value is -1.38. The fourth-order valence-corrected chi connectivity index (χ4v) is 2.78. The Balaban J connectivity index is 1.78. The lowest BCUT2D eigenvalue weighted by molar-refractivity contribution is 0.138. The predicted molar refractivity (Wildman–Crippen MR) is 81.3 cm³/mol. The van der Waals surface area contributed by atoms with Crippen LogP contribution in [0.3, 0.4) is 0 Å². The molecule has 1 aliphatic heterocycles. The maximum Gasteiger partial charge on any atom is 0.0348 e. The molecule has 1 saturated heterocycles. The van der Waals surface area contributed by atoms with Gasteiger partial charge < -0.3 is 5.32 Å². The molecule has 0 spiro atoms. The Kier molecular flexibility index (Phi) is 3.81. The van der Waals surface area contributed by atoms with Crippen molar-refractivity contribution in [3.05, 3.63) is 48.0 Å². The SMILES string of the molecule is CCCN(Cc1ccc2ccccc2c1)C1CNC1. The van der Waals surface area contributed by atoms with Gasteiger partial charge in [0.05, 0.1) is 0 Å². The lowest BCUT2D eigenvalue weighted by Gasteiger charge is -2.38. The van der Waals surface area contributed by atoms with Gasteiger partial charge in [-0.1, -0.05) is 43.3 Å². The van der Waals surface area contributed by atoms with Gasteiger partial charge in [0.25, 0.3) is 0 Å². The van der Waals surface area contributed by atoms with E-state index >= 15 is 0 Å². The molecule has 1 N–H and O–H groups in total. The second kappa shape index (κ2) is 5.72. The highest BCUT2D eigenvalue weighted by Gasteiger charge is 2.23. The van der Waals surface area contributed by atoms with Gasteiger partial charge in [-0.3, -0.25) is 4.90 Å². The van der Waals surface area contributed by atoms with Crippen molar-refractivity contribution in [2.24, 2.45) is 0 Å². The molecule has 2 aromatic carbocycles. The summed E-state index contributed by atoms with van der Waals surface area (Å²) in [4.78, 5) is 2.61. The predicted octanol–water partition coefficient (Wildman–Crippen LogP) is 3.02. The molecule has 1 heterocycles. The lowest BCUT2D eigenvalue weighted by Crippen LogP contribution is -2.56. The first-order valence-electron chi connectivity index (χ1n) is 7.29. The first-order valence-corrected chi connectivity index (χ1v) is 7.29. The van der Waals surface area contributed by atoms with Crippen LogP contribution in [0.15, 0.2) is 42.5 Å². The highest BCUT2D eigenvalue weighted by Crippen LogP contribution is 2.18. The molecule has 0 atom stereocenters. The molecule has 0 radical (unpaired) electrons. The molecule has 0 aromatic heterocycles.